The van der Waals surface area contributed by atoms with Crippen LogP contribution in [0.4, 0.5) is 0 Å². The van der Waals surface area contributed by atoms with Crippen LogP contribution in [0.25, 0.3) is 0 Å². The van der Waals surface area contributed by atoms with Gasteiger partial charge in [0.2, 0.25) is 0 Å². The van der Waals surface area contributed by atoms with Crippen LogP contribution >= 0.6 is 0 Å². The number of sulfone groups is 1. The molecular formula is C17H23NO4S. The highest BCUT2D eigenvalue weighted by atomic mass is 32.2. The summed E-state index contributed by atoms with van der Waals surface area (Å²) in [4.78, 5) is 14.0. The summed E-state index contributed by atoms with van der Waals surface area (Å²) in [5.41, 5.74) is 0.569. The van der Waals surface area contributed by atoms with Crippen LogP contribution in [0.1, 0.15) is 42.5 Å². The molecule has 2 fully saturated rings. The van der Waals surface area contributed by atoms with Gasteiger partial charge in [0, 0.05) is 18.7 Å². The first-order valence-electron chi connectivity index (χ1n) is 8.18. The van der Waals surface area contributed by atoms with Crippen LogP contribution in [0, 0.1) is 0 Å². The van der Waals surface area contributed by atoms with Crippen molar-refractivity contribution in [3.05, 3.63) is 29.8 Å². The SMILES string of the molecule is COc1ccc(C(=O)N2CC(S(=O)(=O)C3CCCCC3)C2)cc1. The van der Waals surface area contributed by atoms with Crippen molar-refractivity contribution in [2.24, 2.45) is 0 Å². The van der Waals surface area contributed by atoms with Gasteiger partial charge in [-0.3, -0.25) is 4.79 Å². The van der Waals surface area contributed by atoms with Crippen molar-refractivity contribution < 1.29 is 17.9 Å². The van der Waals surface area contributed by atoms with E-state index >= 15 is 0 Å². The van der Waals surface area contributed by atoms with E-state index in [-0.39, 0.29) is 16.4 Å². The molecule has 0 N–H and O–H groups in total. The molecule has 0 aromatic heterocycles. The van der Waals surface area contributed by atoms with Crippen LogP contribution in [0.2, 0.25) is 0 Å². The molecule has 1 aromatic carbocycles. The normalized spacial score (nSPS) is 20.1. The van der Waals surface area contributed by atoms with Crippen LogP contribution in [0.5, 0.6) is 5.75 Å². The van der Waals surface area contributed by atoms with Crippen molar-refractivity contribution in [1.82, 2.24) is 4.90 Å². The lowest BCUT2D eigenvalue weighted by Gasteiger charge is -2.40. The average Bonchev–Trinajstić information content (AvgIpc) is 2.54. The Kier molecular flexibility index (Phi) is 4.62. The first-order chi connectivity index (χ1) is 11.0. The van der Waals surface area contributed by atoms with E-state index in [2.05, 4.69) is 0 Å². The molecule has 0 bridgehead atoms. The minimum Gasteiger partial charge on any atom is -0.497 e. The van der Waals surface area contributed by atoms with Gasteiger partial charge in [-0.25, -0.2) is 8.42 Å². The van der Waals surface area contributed by atoms with Gasteiger partial charge < -0.3 is 9.64 Å². The van der Waals surface area contributed by atoms with E-state index in [4.69, 9.17) is 4.74 Å². The Bertz CT molecular complexity index is 656. The van der Waals surface area contributed by atoms with Gasteiger partial charge in [0.05, 0.1) is 17.6 Å². The first kappa shape index (κ1) is 16.3. The molecule has 0 unspecified atom stereocenters. The molecule has 3 rings (SSSR count). The van der Waals surface area contributed by atoms with Crippen molar-refractivity contribution in [2.75, 3.05) is 20.2 Å². The van der Waals surface area contributed by atoms with Gasteiger partial charge >= 0.3 is 0 Å². The van der Waals surface area contributed by atoms with Gasteiger partial charge in [0.25, 0.3) is 5.91 Å². The van der Waals surface area contributed by atoms with E-state index in [1.54, 1.807) is 36.3 Å². The topological polar surface area (TPSA) is 63.7 Å². The number of hydrogen-bond acceptors (Lipinski definition) is 4. The zero-order valence-electron chi connectivity index (χ0n) is 13.4. The molecule has 126 valence electrons. The van der Waals surface area contributed by atoms with E-state index in [0.717, 1.165) is 32.1 Å². The monoisotopic (exact) mass is 337 g/mol. The standard InChI is InChI=1S/C17H23NO4S/c1-22-14-9-7-13(8-10-14)17(19)18-11-16(12-18)23(20,21)15-5-3-2-4-6-15/h7-10,15-16H,2-6,11-12H2,1H3. The van der Waals surface area contributed by atoms with Crippen molar-refractivity contribution in [3.8, 4) is 5.75 Å². The lowest BCUT2D eigenvalue weighted by Crippen LogP contribution is -2.58. The molecule has 6 heteroatoms. The van der Waals surface area contributed by atoms with Gasteiger partial charge in [-0.2, -0.15) is 0 Å². The Balaban J connectivity index is 1.60. The van der Waals surface area contributed by atoms with Crippen LogP contribution in [0.15, 0.2) is 24.3 Å². The van der Waals surface area contributed by atoms with E-state index in [1.807, 2.05) is 0 Å². The predicted molar refractivity (Wildman–Crippen MR) is 88.5 cm³/mol. The summed E-state index contributed by atoms with van der Waals surface area (Å²) in [6.07, 6.45) is 4.71. The summed E-state index contributed by atoms with van der Waals surface area (Å²) < 4.78 is 30.3. The smallest absolute Gasteiger partial charge is 0.253 e. The summed E-state index contributed by atoms with van der Waals surface area (Å²) >= 11 is 0. The Hall–Kier alpha value is -1.56. The number of benzene rings is 1. The first-order valence-corrected chi connectivity index (χ1v) is 9.79. The minimum absolute atomic E-state index is 0.109. The maximum absolute atomic E-state index is 12.6. The number of ether oxygens (including phenoxy) is 1. The zero-order chi connectivity index (χ0) is 16.4. The van der Waals surface area contributed by atoms with Crippen LogP contribution in [-0.4, -0.2) is 49.9 Å². The summed E-state index contributed by atoms with van der Waals surface area (Å²) in [7, 11) is -1.52. The Morgan fingerprint density at radius 3 is 2.22 bits per heavy atom. The largest absolute Gasteiger partial charge is 0.497 e. The van der Waals surface area contributed by atoms with Gasteiger partial charge in [0.15, 0.2) is 9.84 Å². The van der Waals surface area contributed by atoms with E-state index in [1.165, 1.54) is 0 Å². The molecule has 2 aliphatic rings. The highest BCUT2D eigenvalue weighted by molar-refractivity contribution is 7.92. The number of carbonyl (C=O) groups excluding carboxylic acids is 1. The maximum atomic E-state index is 12.6. The number of likely N-dealkylation sites (tertiary alicyclic amines) is 1. The van der Waals surface area contributed by atoms with Gasteiger partial charge in [-0.05, 0) is 37.1 Å². The fraction of sp³-hybridized carbons (Fsp3) is 0.588. The Morgan fingerprint density at radius 1 is 1.04 bits per heavy atom. The summed E-state index contributed by atoms with van der Waals surface area (Å²) in [5.74, 6) is 0.589. The zero-order valence-corrected chi connectivity index (χ0v) is 14.2. The Labute approximate surface area is 137 Å². The third-order valence-corrected chi connectivity index (χ3v) is 7.58. The summed E-state index contributed by atoms with van der Waals surface area (Å²) in [6.45, 7) is 0.646. The highest BCUT2D eigenvalue weighted by Crippen LogP contribution is 2.30. The number of methoxy groups -OCH3 is 1. The van der Waals surface area contributed by atoms with Crippen LogP contribution < -0.4 is 4.74 Å². The second kappa shape index (κ2) is 6.51. The molecular weight excluding hydrogens is 314 g/mol. The molecule has 1 heterocycles. The number of hydrogen-bond donors (Lipinski definition) is 0. The second-order valence-corrected chi connectivity index (χ2v) is 8.92. The number of nitrogens with zero attached hydrogens (tertiary/aromatic N) is 1. The molecule has 0 atom stereocenters. The fourth-order valence-corrected chi connectivity index (χ4v) is 5.70. The maximum Gasteiger partial charge on any atom is 0.253 e. The Morgan fingerprint density at radius 2 is 1.65 bits per heavy atom. The molecule has 23 heavy (non-hydrogen) atoms. The van der Waals surface area contributed by atoms with Crippen molar-refractivity contribution in [3.63, 3.8) is 0 Å². The third kappa shape index (κ3) is 3.22. The average molecular weight is 337 g/mol. The van der Waals surface area contributed by atoms with E-state index < -0.39 is 9.84 Å². The van der Waals surface area contributed by atoms with Gasteiger partial charge in [0.1, 0.15) is 5.75 Å². The van der Waals surface area contributed by atoms with Gasteiger partial charge in [-0.1, -0.05) is 19.3 Å². The predicted octanol–water partition coefficient (Wildman–Crippen LogP) is 2.27. The van der Waals surface area contributed by atoms with Crippen molar-refractivity contribution in [2.45, 2.75) is 42.6 Å². The molecule has 1 aliphatic carbocycles. The highest BCUT2D eigenvalue weighted by Gasteiger charge is 2.43. The van der Waals surface area contributed by atoms with Crippen molar-refractivity contribution >= 4 is 15.7 Å². The van der Waals surface area contributed by atoms with Crippen LogP contribution in [-0.2, 0) is 9.84 Å². The number of carbonyl (C=O) groups is 1. The number of amides is 1. The van der Waals surface area contributed by atoms with Crippen molar-refractivity contribution in [1.29, 1.82) is 0 Å². The molecule has 5 nitrogen and oxygen atoms in total. The second-order valence-electron chi connectivity index (χ2n) is 6.41. The third-order valence-electron chi connectivity index (χ3n) is 4.95. The fourth-order valence-electron chi connectivity index (χ4n) is 3.39. The quantitative estimate of drug-likeness (QED) is 0.845. The molecule has 1 saturated carbocycles. The van der Waals surface area contributed by atoms with Gasteiger partial charge in [-0.15, -0.1) is 0 Å². The molecule has 0 spiro atoms. The summed E-state index contributed by atoms with van der Waals surface area (Å²) in [6, 6.07) is 6.90. The van der Waals surface area contributed by atoms with Crippen LogP contribution in [0.3, 0.4) is 0 Å². The number of rotatable bonds is 4. The lowest BCUT2D eigenvalue weighted by atomic mass is 10.0. The molecule has 1 aliphatic heterocycles. The molecule has 1 amide bonds. The minimum atomic E-state index is -3.10. The summed E-state index contributed by atoms with van der Waals surface area (Å²) in [5, 5.41) is -0.577. The molecule has 1 saturated heterocycles. The van der Waals surface area contributed by atoms with E-state index in [0.29, 0.717) is 24.4 Å². The lowest BCUT2D eigenvalue weighted by molar-refractivity contribution is 0.0658. The molecule has 1 aromatic rings. The molecule has 0 radical (unpaired) electrons. The van der Waals surface area contributed by atoms with E-state index in [9.17, 15) is 13.2 Å².